The first-order valence-electron chi connectivity index (χ1n) is 10.4. The van der Waals surface area contributed by atoms with E-state index in [9.17, 15) is 9.59 Å². The number of carbonyl (C=O) groups is 1. The Balaban J connectivity index is 1.54. The quantitative estimate of drug-likeness (QED) is 0.255. The lowest BCUT2D eigenvalue weighted by Crippen LogP contribution is -2.24. The van der Waals surface area contributed by atoms with Crippen LogP contribution < -0.4 is 5.56 Å². The standard InChI is InChI=1S/C23H23N3O3S2/c1-13-10-17(14(2)24-13)18(27)12-30-23-25-21-20(16-7-3-4-8-19(16)31-21)22(28)26(23)11-15-6-5-9-29-15/h5-6,9-10,24H,3-4,7-8,11-12H2,1-2H3. The van der Waals surface area contributed by atoms with E-state index in [1.54, 1.807) is 22.2 Å². The van der Waals surface area contributed by atoms with E-state index in [0.717, 1.165) is 47.3 Å². The fourth-order valence-electron chi connectivity index (χ4n) is 4.25. The summed E-state index contributed by atoms with van der Waals surface area (Å²) in [5.74, 6) is 0.938. The molecule has 0 atom stereocenters. The van der Waals surface area contributed by atoms with Crippen LogP contribution >= 0.6 is 23.1 Å². The minimum atomic E-state index is -0.0376. The maximum atomic E-state index is 13.6. The van der Waals surface area contributed by atoms with Crippen LogP contribution in [-0.2, 0) is 19.4 Å². The van der Waals surface area contributed by atoms with Gasteiger partial charge in [0.1, 0.15) is 10.6 Å². The Hall–Kier alpha value is -2.58. The third kappa shape index (κ3) is 3.78. The van der Waals surface area contributed by atoms with Gasteiger partial charge in [0.2, 0.25) is 0 Å². The van der Waals surface area contributed by atoms with Crippen LogP contribution in [0.5, 0.6) is 0 Å². The van der Waals surface area contributed by atoms with Crippen LogP contribution in [0.2, 0.25) is 0 Å². The number of Topliss-reactive ketones (excluding diaryl/α,β-unsaturated/α-hetero) is 1. The van der Waals surface area contributed by atoms with Gasteiger partial charge < -0.3 is 9.40 Å². The maximum absolute atomic E-state index is 13.6. The van der Waals surface area contributed by atoms with E-state index in [-0.39, 0.29) is 17.1 Å². The van der Waals surface area contributed by atoms with Crippen molar-refractivity contribution in [3.05, 3.63) is 68.0 Å². The predicted octanol–water partition coefficient (Wildman–Crippen LogP) is 4.90. The van der Waals surface area contributed by atoms with Gasteiger partial charge in [0.15, 0.2) is 10.9 Å². The van der Waals surface area contributed by atoms with Crippen molar-refractivity contribution in [2.24, 2.45) is 0 Å². The number of aromatic amines is 1. The highest BCUT2D eigenvalue weighted by Gasteiger charge is 2.23. The molecule has 160 valence electrons. The van der Waals surface area contributed by atoms with Crippen LogP contribution in [0.25, 0.3) is 10.2 Å². The average Bonchev–Trinajstić information content (AvgIpc) is 3.47. The Morgan fingerprint density at radius 3 is 2.90 bits per heavy atom. The third-order valence-electron chi connectivity index (χ3n) is 5.72. The summed E-state index contributed by atoms with van der Waals surface area (Å²) >= 11 is 2.95. The van der Waals surface area contributed by atoms with Gasteiger partial charge in [-0.2, -0.15) is 0 Å². The number of aryl methyl sites for hydroxylation is 4. The smallest absolute Gasteiger partial charge is 0.263 e. The third-order valence-corrected chi connectivity index (χ3v) is 7.88. The lowest BCUT2D eigenvalue weighted by molar-refractivity contribution is 0.102. The van der Waals surface area contributed by atoms with Gasteiger partial charge in [0, 0.05) is 21.8 Å². The minimum absolute atomic E-state index is 0.0243. The van der Waals surface area contributed by atoms with Crippen LogP contribution in [0.15, 0.2) is 38.8 Å². The number of ketones is 1. The molecule has 8 heteroatoms. The second-order valence-corrected chi connectivity index (χ2v) is 9.99. The molecule has 6 nitrogen and oxygen atoms in total. The largest absolute Gasteiger partial charge is 0.467 e. The SMILES string of the molecule is Cc1cc(C(=O)CSc2nc3sc4c(c3c(=O)n2Cc2ccco2)CCCC4)c(C)[nH]1. The molecule has 4 heterocycles. The molecule has 1 aliphatic rings. The number of fused-ring (bicyclic) bond motifs is 3. The summed E-state index contributed by atoms with van der Waals surface area (Å²) in [5, 5.41) is 1.31. The second-order valence-electron chi connectivity index (χ2n) is 7.96. The number of hydrogen-bond acceptors (Lipinski definition) is 6. The molecule has 0 aliphatic heterocycles. The van der Waals surface area contributed by atoms with E-state index in [2.05, 4.69) is 4.98 Å². The van der Waals surface area contributed by atoms with Crippen molar-refractivity contribution in [1.29, 1.82) is 0 Å². The van der Waals surface area contributed by atoms with Crippen LogP contribution in [0.1, 0.15) is 50.8 Å². The fraction of sp³-hybridized carbons (Fsp3) is 0.348. The van der Waals surface area contributed by atoms with Gasteiger partial charge in [-0.3, -0.25) is 14.2 Å². The summed E-state index contributed by atoms with van der Waals surface area (Å²) < 4.78 is 7.16. The van der Waals surface area contributed by atoms with Crippen molar-refractivity contribution in [3.63, 3.8) is 0 Å². The number of aromatic nitrogens is 3. The van der Waals surface area contributed by atoms with E-state index in [4.69, 9.17) is 9.40 Å². The highest BCUT2D eigenvalue weighted by molar-refractivity contribution is 7.99. The number of furan rings is 1. The molecule has 31 heavy (non-hydrogen) atoms. The van der Waals surface area contributed by atoms with Gasteiger partial charge in [0.05, 0.1) is 23.9 Å². The van der Waals surface area contributed by atoms with Gasteiger partial charge in [0.25, 0.3) is 5.56 Å². The van der Waals surface area contributed by atoms with Crippen molar-refractivity contribution in [1.82, 2.24) is 14.5 Å². The molecule has 0 amide bonds. The predicted molar refractivity (Wildman–Crippen MR) is 124 cm³/mol. The molecule has 4 aromatic heterocycles. The summed E-state index contributed by atoms with van der Waals surface area (Å²) in [4.78, 5) is 36.5. The van der Waals surface area contributed by atoms with Crippen LogP contribution in [0.4, 0.5) is 0 Å². The molecule has 0 aromatic carbocycles. The Morgan fingerprint density at radius 1 is 1.32 bits per heavy atom. The van der Waals surface area contributed by atoms with Crippen molar-refractivity contribution in [2.45, 2.75) is 51.2 Å². The van der Waals surface area contributed by atoms with Crippen molar-refractivity contribution in [2.75, 3.05) is 5.75 Å². The number of thiophene rings is 1. The van der Waals surface area contributed by atoms with E-state index in [1.165, 1.54) is 22.2 Å². The van der Waals surface area contributed by atoms with E-state index in [0.29, 0.717) is 23.0 Å². The normalized spacial score (nSPS) is 13.6. The zero-order valence-corrected chi connectivity index (χ0v) is 19.1. The van der Waals surface area contributed by atoms with Gasteiger partial charge in [-0.15, -0.1) is 11.3 Å². The Kier molecular flexibility index (Phi) is 5.35. The summed E-state index contributed by atoms with van der Waals surface area (Å²) in [6, 6.07) is 5.54. The molecule has 5 rings (SSSR count). The molecule has 1 N–H and O–H groups in total. The molecule has 0 bridgehead atoms. The number of nitrogens with one attached hydrogen (secondary N) is 1. The molecule has 0 saturated heterocycles. The van der Waals surface area contributed by atoms with Crippen LogP contribution in [-0.4, -0.2) is 26.1 Å². The zero-order valence-electron chi connectivity index (χ0n) is 17.5. The van der Waals surface area contributed by atoms with Crippen molar-refractivity contribution < 1.29 is 9.21 Å². The van der Waals surface area contributed by atoms with E-state index in [1.807, 2.05) is 32.0 Å². The van der Waals surface area contributed by atoms with Crippen LogP contribution in [0.3, 0.4) is 0 Å². The first-order valence-corrected chi connectivity index (χ1v) is 12.2. The first kappa shape index (κ1) is 20.3. The number of rotatable bonds is 6. The van der Waals surface area contributed by atoms with Crippen LogP contribution in [0, 0.1) is 13.8 Å². The topological polar surface area (TPSA) is 80.9 Å². The van der Waals surface area contributed by atoms with Gasteiger partial charge >= 0.3 is 0 Å². The number of nitrogens with zero attached hydrogens (tertiary/aromatic N) is 2. The molecule has 0 unspecified atom stereocenters. The molecule has 0 spiro atoms. The maximum Gasteiger partial charge on any atom is 0.263 e. The lowest BCUT2D eigenvalue weighted by atomic mass is 9.97. The highest BCUT2D eigenvalue weighted by atomic mass is 32.2. The molecule has 0 fully saturated rings. The summed E-state index contributed by atoms with van der Waals surface area (Å²) in [6.07, 6.45) is 5.82. The molecule has 0 saturated carbocycles. The van der Waals surface area contributed by atoms with Crippen molar-refractivity contribution >= 4 is 39.1 Å². The van der Waals surface area contributed by atoms with Crippen molar-refractivity contribution in [3.8, 4) is 0 Å². The molecule has 0 radical (unpaired) electrons. The first-order chi connectivity index (χ1) is 15.0. The Bertz CT molecular complexity index is 1330. The number of H-pyrrole nitrogens is 1. The second kappa shape index (κ2) is 8.16. The van der Waals surface area contributed by atoms with Gasteiger partial charge in [-0.1, -0.05) is 11.8 Å². The molecule has 1 aliphatic carbocycles. The number of hydrogen-bond donors (Lipinski definition) is 1. The van der Waals surface area contributed by atoms with E-state index >= 15 is 0 Å². The Morgan fingerprint density at radius 2 is 2.16 bits per heavy atom. The summed E-state index contributed by atoms with van der Waals surface area (Å²) in [5.41, 5.74) is 3.65. The summed E-state index contributed by atoms with van der Waals surface area (Å²) in [7, 11) is 0. The molecule has 4 aromatic rings. The van der Waals surface area contributed by atoms with Gasteiger partial charge in [-0.25, -0.2) is 4.98 Å². The summed E-state index contributed by atoms with van der Waals surface area (Å²) in [6.45, 7) is 4.14. The number of thioether (sulfide) groups is 1. The zero-order chi connectivity index (χ0) is 21.5. The molecular weight excluding hydrogens is 430 g/mol. The Labute approximate surface area is 187 Å². The lowest BCUT2D eigenvalue weighted by Gasteiger charge is -2.12. The van der Waals surface area contributed by atoms with E-state index < -0.39 is 0 Å². The number of carbonyl (C=O) groups excluding carboxylic acids is 1. The minimum Gasteiger partial charge on any atom is -0.467 e. The average molecular weight is 454 g/mol. The van der Waals surface area contributed by atoms with Gasteiger partial charge in [-0.05, 0) is 63.3 Å². The monoisotopic (exact) mass is 453 g/mol. The highest BCUT2D eigenvalue weighted by Crippen LogP contribution is 2.35. The fourth-order valence-corrected chi connectivity index (χ4v) is 6.43. The molecular formula is C23H23N3O3S2.